The van der Waals surface area contributed by atoms with Gasteiger partial charge < -0.3 is 54.0 Å². The third-order valence-corrected chi connectivity index (χ3v) is 18.8. The van der Waals surface area contributed by atoms with E-state index in [2.05, 4.69) is 148 Å². The number of benzene rings is 5. The molecule has 456 valence electrons. The lowest BCUT2D eigenvalue weighted by Gasteiger charge is -2.42. The summed E-state index contributed by atoms with van der Waals surface area (Å²) in [7, 11) is 2.13. The van der Waals surface area contributed by atoms with Gasteiger partial charge in [0.25, 0.3) is 0 Å². The molecule has 0 aliphatic carbocycles. The number of fused-ring (bicyclic) bond motifs is 4. The number of hydrogen-bond acceptors (Lipinski definition) is 17. The Bertz CT molecular complexity index is 3730. The van der Waals surface area contributed by atoms with Gasteiger partial charge in [-0.05, 0) is 101 Å². The van der Waals surface area contributed by atoms with Crippen LogP contribution in [0.15, 0.2) is 115 Å². The number of amides is 2. The van der Waals surface area contributed by atoms with Crippen LogP contribution in [0.1, 0.15) is 80.5 Å². The summed E-state index contributed by atoms with van der Waals surface area (Å²) < 4.78 is 18.4. The Hall–Kier alpha value is -8.98. The number of carbonyl (C=O) groups is 2. The van der Waals surface area contributed by atoms with Gasteiger partial charge in [-0.15, -0.1) is 0 Å². The Balaban J connectivity index is 0.000000173. The van der Waals surface area contributed by atoms with Gasteiger partial charge in [-0.3, -0.25) is 4.90 Å². The van der Waals surface area contributed by atoms with E-state index < -0.39 is 18.2 Å². The van der Waals surface area contributed by atoms with Crippen LogP contribution in [-0.4, -0.2) is 161 Å². The minimum Gasteiger partial charge on any atom is -0.465 e. The summed E-state index contributed by atoms with van der Waals surface area (Å²) in [5.74, 6) is 1.65. The zero-order valence-electron chi connectivity index (χ0n) is 50.7. The van der Waals surface area contributed by atoms with Crippen molar-refractivity contribution >= 4 is 56.7 Å². The van der Waals surface area contributed by atoms with E-state index in [1.807, 2.05) is 30.3 Å². The molecule has 2 amide bonds. The van der Waals surface area contributed by atoms with Gasteiger partial charge in [-0.2, -0.15) is 30.5 Å². The van der Waals surface area contributed by atoms with Crippen LogP contribution in [-0.2, 0) is 37.3 Å². The maximum atomic E-state index is 13.2. The second-order valence-corrected chi connectivity index (χ2v) is 24.7. The first-order valence-corrected chi connectivity index (χ1v) is 31.0. The van der Waals surface area contributed by atoms with Crippen molar-refractivity contribution in [2.45, 2.75) is 108 Å². The van der Waals surface area contributed by atoms with Gasteiger partial charge in [0.05, 0.1) is 67.1 Å². The molecule has 7 aromatic rings. The van der Waals surface area contributed by atoms with Crippen LogP contribution in [0.3, 0.4) is 0 Å². The average molecular weight is 1190 g/mol. The second kappa shape index (κ2) is 26.2. The molecule has 2 aromatic heterocycles. The number of likely N-dealkylation sites (tertiary alicyclic amines) is 1. The van der Waals surface area contributed by atoms with Crippen molar-refractivity contribution < 1.29 is 28.9 Å². The Kier molecular flexibility index (Phi) is 17.6. The van der Waals surface area contributed by atoms with Crippen molar-refractivity contribution in [2.75, 3.05) is 105 Å². The van der Waals surface area contributed by atoms with Crippen LogP contribution in [0, 0.1) is 22.7 Å². The Labute approximate surface area is 514 Å². The molecular formula is C68H78N14O6. The molecule has 4 saturated heterocycles. The lowest BCUT2D eigenvalue weighted by atomic mass is 10.0. The summed E-state index contributed by atoms with van der Waals surface area (Å²) in [5.41, 5.74) is 7.19. The van der Waals surface area contributed by atoms with E-state index >= 15 is 0 Å². The molecule has 4 unspecified atom stereocenters. The molecule has 8 heterocycles. The molecule has 13 rings (SSSR count). The summed E-state index contributed by atoms with van der Waals surface area (Å²) in [4.78, 5) is 59.5. The molecule has 6 aliphatic heterocycles. The number of carbonyl (C=O) groups excluding carboxylic acids is 1. The van der Waals surface area contributed by atoms with Crippen LogP contribution in [0.2, 0.25) is 0 Å². The number of carboxylic acid groups (broad SMARTS) is 1. The van der Waals surface area contributed by atoms with Crippen LogP contribution < -0.4 is 34.4 Å². The number of aromatic nitrogens is 4. The van der Waals surface area contributed by atoms with Crippen molar-refractivity contribution in [3.05, 3.63) is 143 Å². The minimum atomic E-state index is -0.988. The zero-order valence-corrected chi connectivity index (χ0v) is 50.7. The molecule has 2 N–H and O–H groups in total. The van der Waals surface area contributed by atoms with E-state index in [0.717, 1.165) is 104 Å². The van der Waals surface area contributed by atoms with E-state index in [4.69, 9.17) is 34.1 Å². The quantitative estimate of drug-likeness (QED) is 0.104. The number of nitriles is 2. The van der Waals surface area contributed by atoms with Crippen LogP contribution in [0.4, 0.5) is 32.6 Å². The van der Waals surface area contributed by atoms with Gasteiger partial charge in [-0.25, -0.2) is 9.59 Å². The highest BCUT2D eigenvalue weighted by molar-refractivity contribution is 5.95. The summed E-state index contributed by atoms with van der Waals surface area (Å²) in [6.07, 6.45) is 4.84. The largest absolute Gasteiger partial charge is 0.465 e. The lowest BCUT2D eigenvalue weighted by Crippen LogP contribution is -2.55. The maximum absolute atomic E-state index is 13.2. The SMILES string of the molecule is CC1(COc2nc3c(c(N4CCN(C(=O)OCc5ccccc5)C(CC#N)C4)n2)CCN(c2cccc4ccccc24)C3)CCCN1.CN1CCCC1(C)COc1nc2c(c(N3CCN(C(=O)O)C(CC#N)C3)n1)CCN(c1cccc3ccccc13)C2. The number of ether oxygens (including phenoxy) is 3. The van der Waals surface area contributed by atoms with Gasteiger partial charge >= 0.3 is 24.2 Å². The predicted molar refractivity (Wildman–Crippen MR) is 339 cm³/mol. The van der Waals surface area contributed by atoms with Gasteiger partial charge in [-0.1, -0.05) is 103 Å². The number of hydrogen-bond donors (Lipinski definition) is 2. The van der Waals surface area contributed by atoms with Crippen LogP contribution in [0.25, 0.3) is 21.5 Å². The molecule has 0 saturated carbocycles. The molecule has 0 radical (unpaired) electrons. The van der Waals surface area contributed by atoms with Gasteiger partial charge in [0.1, 0.15) is 31.5 Å². The zero-order chi connectivity index (χ0) is 60.8. The molecule has 20 nitrogen and oxygen atoms in total. The second-order valence-electron chi connectivity index (χ2n) is 24.7. The Morgan fingerprint density at radius 3 is 1.68 bits per heavy atom. The highest BCUT2D eigenvalue weighted by atomic mass is 16.6. The normalized spacial score (nSPS) is 21.9. The Morgan fingerprint density at radius 1 is 0.614 bits per heavy atom. The van der Waals surface area contributed by atoms with Crippen molar-refractivity contribution in [1.29, 1.82) is 10.5 Å². The van der Waals surface area contributed by atoms with E-state index in [1.165, 1.54) is 37.8 Å². The first-order chi connectivity index (χ1) is 42.9. The van der Waals surface area contributed by atoms with E-state index in [9.17, 15) is 25.2 Å². The van der Waals surface area contributed by atoms with E-state index in [0.29, 0.717) is 77.6 Å². The first-order valence-electron chi connectivity index (χ1n) is 31.0. The van der Waals surface area contributed by atoms with Gasteiger partial charge in [0.2, 0.25) is 0 Å². The lowest BCUT2D eigenvalue weighted by molar-refractivity contribution is 0.0767. The molecule has 6 aliphatic rings. The number of nitrogens with zero attached hydrogens (tertiary/aromatic N) is 13. The smallest absolute Gasteiger partial charge is 0.410 e. The number of nitrogens with one attached hydrogen (secondary N) is 1. The predicted octanol–water partition coefficient (Wildman–Crippen LogP) is 9.59. The fourth-order valence-corrected chi connectivity index (χ4v) is 13.6. The third kappa shape index (κ3) is 12.9. The summed E-state index contributed by atoms with van der Waals surface area (Å²) in [6.45, 7) is 13.2. The number of piperazine rings is 2. The van der Waals surface area contributed by atoms with Gasteiger partial charge in [0, 0.05) is 91.2 Å². The van der Waals surface area contributed by atoms with Crippen molar-refractivity contribution in [3.63, 3.8) is 0 Å². The molecule has 5 aromatic carbocycles. The molecule has 88 heavy (non-hydrogen) atoms. The molecule has 4 fully saturated rings. The number of likely N-dealkylation sites (N-methyl/N-ethyl adjacent to an activating group) is 1. The molecule has 0 bridgehead atoms. The molecule has 4 atom stereocenters. The van der Waals surface area contributed by atoms with Crippen molar-refractivity contribution in [2.24, 2.45) is 0 Å². The highest BCUT2D eigenvalue weighted by Gasteiger charge is 2.39. The molecule has 0 spiro atoms. The fourth-order valence-electron chi connectivity index (χ4n) is 13.6. The standard InChI is InChI=1S/C37H41N7O3.C31H37N7O3/c1-37(17-8-19-39-37)26-47-35-40-32-24-42(33-14-7-12-28-11-5-6-13-30(28)33)20-16-31(32)34(41-35)43-21-22-44(29(23-43)15-18-38)36(45)46-25-27-9-3-2-4-10-27;1-31(13-6-15-35(31)2)21-41-29-33-26-20-36(27-10-5-8-22-7-3-4-9-24(22)27)16-12-25(26)28(34-29)37-17-18-38(30(39)40)23(19-37)11-14-32/h2-7,9-14,29,39H,8,15-17,19-26H2,1H3;3-5,7-10,23H,6,11-13,15-21H2,1-2H3,(H,39,40). The van der Waals surface area contributed by atoms with E-state index in [-0.39, 0.29) is 36.6 Å². The van der Waals surface area contributed by atoms with Crippen molar-refractivity contribution in [3.8, 4) is 24.2 Å². The van der Waals surface area contributed by atoms with Crippen LogP contribution >= 0.6 is 0 Å². The summed E-state index contributed by atoms with van der Waals surface area (Å²) in [6, 6.07) is 43.9. The summed E-state index contributed by atoms with van der Waals surface area (Å²) in [5, 5.41) is 37.2. The Morgan fingerprint density at radius 2 is 1.15 bits per heavy atom. The first kappa shape index (κ1) is 59.4. The highest BCUT2D eigenvalue weighted by Crippen LogP contribution is 2.38. The number of anilines is 4. The van der Waals surface area contributed by atoms with Crippen molar-refractivity contribution in [1.82, 2.24) is 40.0 Å². The minimum absolute atomic E-state index is 0.0700. The number of rotatable bonds is 14. The van der Waals surface area contributed by atoms with Crippen LogP contribution in [0.5, 0.6) is 12.0 Å². The summed E-state index contributed by atoms with van der Waals surface area (Å²) >= 11 is 0. The topological polar surface area (TPSA) is 216 Å². The molecule has 20 heteroatoms. The van der Waals surface area contributed by atoms with Gasteiger partial charge in [0.15, 0.2) is 0 Å². The fraction of sp³-hybridized carbons (Fsp3) is 0.441. The molecular weight excluding hydrogens is 1110 g/mol. The maximum Gasteiger partial charge on any atom is 0.410 e. The third-order valence-electron chi connectivity index (χ3n) is 18.8. The van der Waals surface area contributed by atoms with E-state index in [1.54, 1.807) is 4.90 Å². The monoisotopic (exact) mass is 1190 g/mol. The average Bonchev–Trinajstić information content (AvgIpc) is 1.71.